The average Bonchev–Trinajstić information content (AvgIpc) is 2.89. The molecule has 2 rings (SSSR count). The molecular formula is C16H29N3. The molecule has 1 heterocycles. The van der Waals surface area contributed by atoms with Crippen LogP contribution < -0.4 is 5.32 Å². The molecular weight excluding hydrogens is 234 g/mol. The molecule has 1 aliphatic carbocycles. The molecule has 0 saturated heterocycles. The molecule has 1 fully saturated rings. The highest BCUT2D eigenvalue weighted by molar-refractivity contribution is 5.07. The monoisotopic (exact) mass is 263 g/mol. The van der Waals surface area contributed by atoms with E-state index in [2.05, 4.69) is 43.2 Å². The number of nitrogens with one attached hydrogen (secondary N) is 2. The van der Waals surface area contributed by atoms with Gasteiger partial charge in [-0.15, -0.1) is 0 Å². The maximum absolute atomic E-state index is 4.01. The van der Waals surface area contributed by atoms with E-state index in [1.165, 1.54) is 31.2 Å². The van der Waals surface area contributed by atoms with E-state index in [9.17, 15) is 0 Å². The third-order valence-electron chi connectivity index (χ3n) is 4.80. The second kappa shape index (κ2) is 6.08. The second-order valence-electron chi connectivity index (χ2n) is 7.25. The highest BCUT2D eigenvalue weighted by atomic mass is 15.1. The first-order valence-electron chi connectivity index (χ1n) is 7.69. The van der Waals surface area contributed by atoms with Gasteiger partial charge in [-0.3, -0.25) is 5.10 Å². The van der Waals surface area contributed by atoms with E-state index in [4.69, 9.17) is 0 Å². The predicted molar refractivity (Wildman–Crippen MR) is 79.9 cm³/mol. The second-order valence-corrected chi connectivity index (χ2v) is 7.25. The van der Waals surface area contributed by atoms with Crippen LogP contribution in [0.1, 0.15) is 65.0 Å². The molecule has 0 bridgehead atoms. The zero-order valence-corrected chi connectivity index (χ0v) is 12.9. The molecule has 19 heavy (non-hydrogen) atoms. The Hall–Kier alpha value is -0.830. The van der Waals surface area contributed by atoms with Gasteiger partial charge in [0.15, 0.2) is 0 Å². The van der Waals surface area contributed by atoms with Crippen molar-refractivity contribution >= 4 is 0 Å². The van der Waals surface area contributed by atoms with Crippen molar-refractivity contribution in [1.29, 1.82) is 0 Å². The lowest BCUT2D eigenvalue weighted by atomic mass is 9.70. The summed E-state index contributed by atoms with van der Waals surface area (Å²) in [4.78, 5) is 0. The van der Waals surface area contributed by atoms with Gasteiger partial charge in [0, 0.05) is 17.8 Å². The van der Waals surface area contributed by atoms with Crippen molar-refractivity contribution in [2.24, 2.45) is 17.3 Å². The summed E-state index contributed by atoms with van der Waals surface area (Å²) >= 11 is 0. The van der Waals surface area contributed by atoms with Gasteiger partial charge in [0.2, 0.25) is 0 Å². The van der Waals surface area contributed by atoms with Crippen LogP contribution in [0.2, 0.25) is 0 Å². The van der Waals surface area contributed by atoms with E-state index in [0.717, 1.165) is 18.4 Å². The zero-order valence-electron chi connectivity index (χ0n) is 12.9. The molecule has 1 aromatic heterocycles. The van der Waals surface area contributed by atoms with Gasteiger partial charge in [-0.25, -0.2) is 0 Å². The minimum absolute atomic E-state index is 0.402. The number of hydrogen-bond acceptors (Lipinski definition) is 2. The fourth-order valence-electron chi connectivity index (χ4n) is 3.19. The number of aromatic amines is 1. The van der Waals surface area contributed by atoms with E-state index in [0.29, 0.717) is 11.5 Å². The molecule has 1 aromatic rings. The summed E-state index contributed by atoms with van der Waals surface area (Å²) in [5, 5.41) is 10.5. The van der Waals surface area contributed by atoms with Gasteiger partial charge in [0.1, 0.15) is 0 Å². The van der Waals surface area contributed by atoms with Crippen LogP contribution >= 0.6 is 0 Å². The van der Waals surface area contributed by atoms with Gasteiger partial charge in [-0.05, 0) is 56.4 Å². The molecule has 0 aliphatic heterocycles. The smallest absolute Gasteiger partial charge is 0.0534 e. The first-order chi connectivity index (χ1) is 8.97. The number of aromatic nitrogens is 2. The van der Waals surface area contributed by atoms with Gasteiger partial charge in [0.25, 0.3) is 0 Å². The SMILES string of the molecule is CC(NCC1CCC(C(C)(C)C)CC1)c1cn[nH]c1. The lowest BCUT2D eigenvalue weighted by molar-refractivity contribution is 0.148. The van der Waals surface area contributed by atoms with Gasteiger partial charge in [-0.2, -0.15) is 5.10 Å². The highest BCUT2D eigenvalue weighted by Crippen LogP contribution is 2.39. The summed E-state index contributed by atoms with van der Waals surface area (Å²) in [5.41, 5.74) is 1.74. The Bertz CT molecular complexity index is 356. The van der Waals surface area contributed by atoms with Crippen molar-refractivity contribution in [2.75, 3.05) is 6.54 Å². The average molecular weight is 263 g/mol. The van der Waals surface area contributed by atoms with Crippen molar-refractivity contribution in [3.8, 4) is 0 Å². The molecule has 0 aromatic carbocycles. The lowest BCUT2D eigenvalue weighted by Gasteiger charge is -2.37. The van der Waals surface area contributed by atoms with E-state index in [1.807, 2.05) is 12.4 Å². The molecule has 3 heteroatoms. The van der Waals surface area contributed by atoms with Crippen molar-refractivity contribution in [2.45, 2.75) is 59.4 Å². The number of rotatable bonds is 4. The highest BCUT2D eigenvalue weighted by Gasteiger charge is 2.29. The van der Waals surface area contributed by atoms with Crippen molar-refractivity contribution in [3.05, 3.63) is 18.0 Å². The van der Waals surface area contributed by atoms with Crippen LogP contribution in [0.25, 0.3) is 0 Å². The molecule has 1 aliphatic rings. The van der Waals surface area contributed by atoms with Gasteiger partial charge >= 0.3 is 0 Å². The fourth-order valence-corrected chi connectivity index (χ4v) is 3.19. The van der Waals surface area contributed by atoms with Crippen molar-refractivity contribution in [3.63, 3.8) is 0 Å². The van der Waals surface area contributed by atoms with Gasteiger partial charge < -0.3 is 5.32 Å². The molecule has 1 unspecified atom stereocenters. The van der Waals surface area contributed by atoms with Crippen LogP contribution in [0.4, 0.5) is 0 Å². The number of nitrogens with zero attached hydrogens (tertiary/aromatic N) is 1. The number of hydrogen-bond donors (Lipinski definition) is 2. The van der Waals surface area contributed by atoms with E-state index in [1.54, 1.807) is 0 Å². The number of H-pyrrole nitrogens is 1. The maximum Gasteiger partial charge on any atom is 0.0534 e. The Morgan fingerprint density at radius 3 is 2.53 bits per heavy atom. The zero-order chi connectivity index (χ0) is 13.9. The molecule has 108 valence electrons. The van der Waals surface area contributed by atoms with Crippen molar-refractivity contribution in [1.82, 2.24) is 15.5 Å². The Morgan fingerprint density at radius 2 is 2.00 bits per heavy atom. The summed E-state index contributed by atoms with van der Waals surface area (Å²) in [6, 6.07) is 0.402. The van der Waals surface area contributed by atoms with Crippen LogP contribution in [0.3, 0.4) is 0 Å². The molecule has 3 nitrogen and oxygen atoms in total. The summed E-state index contributed by atoms with van der Waals surface area (Å²) in [5.74, 6) is 1.77. The molecule has 0 spiro atoms. The predicted octanol–water partition coefficient (Wildman–Crippen LogP) is 3.91. The van der Waals surface area contributed by atoms with Crippen molar-refractivity contribution < 1.29 is 0 Å². The fraction of sp³-hybridized carbons (Fsp3) is 0.812. The maximum atomic E-state index is 4.01. The van der Waals surface area contributed by atoms with Gasteiger partial charge in [-0.1, -0.05) is 20.8 Å². The van der Waals surface area contributed by atoms with Crippen LogP contribution in [0, 0.1) is 17.3 Å². The molecule has 0 amide bonds. The lowest BCUT2D eigenvalue weighted by Crippen LogP contribution is -2.31. The van der Waals surface area contributed by atoms with Gasteiger partial charge in [0.05, 0.1) is 6.20 Å². The van der Waals surface area contributed by atoms with Crippen LogP contribution in [-0.2, 0) is 0 Å². The Morgan fingerprint density at radius 1 is 1.32 bits per heavy atom. The van der Waals surface area contributed by atoms with E-state index >= 15 is 0 Å². The first-order valence-corrected chi connectivity index (χ1v) is 7.69. The quantitative estimate of drug-likeness (QED) is 0.864. The van der Waals surface area contributed by atoms with E-state index in [-0.39, 0.29) is 0 Å². The molecule has 0 radical (unpaired) electrons. The largest absolute Gasteiger partial charge is 0.310 e. The Balaban J connectivity index is 1.71. The minimum Gasteiger partial charge on any atom is -0.310 e. The Labute approximate surface area is 117 Å². The molecule has 2 N–H and O–H groups in total. The Kier molecular flexibility index (Phi) is 4.67. The summed E-state index contributed by atoms with van der Waals surface area (Å²) in [6.45, 7) is 10.5. The standard InChI is InChI=1S/C16H29N3/c1-12(14-10-18-19-11-14)17-9-13-5-7-15(8-6-13)16(2,3)4/h10-13,15,17H,5-9H2,1-4H3,(H,18,19). The normalized spacial score (nSPS) is 26.3. The summed E-state index contributed by atoms with van der Waals surface area (Å²) < 4.78 is 0. The van der Waals surface area contributed by atoms with Crippen LogP contribution in [0.5, 0.6) is 0 Å². The molecule has 1 atom stereocenters. The summed E-state index contributed by atoms with van der Waals surface area (Å²) in [7, 11) is 0. The first kappa shape index (κ1) is 14.6. The van der Waals surface area contributed by atoms with Crippen LogP contribution in [-0.4, -0.2) is 16.7 Å². The topological polar surface area (TPSA) is 40.7 Å². The molecule has 1 saturated carbocycles. The van der Waals surface area contributed by atoms with E-state index < -0.39 is 0 Å². The minimum atomic E-state index is 0.402. The van der Waals surface area contributed by atoms with Crippen LogP contribution in [0.15, 0.2) is 12.4 Å². The summed E-state index contributed by atoms with van der Waals surface area (Å²) in [6.07, 6.45) is 9.45. The third kappa shape index (κ3) is 4.07. The third-order valence-corrected chi connectivity index (χ3v) is 4.80.